The molecule has 2 rings (SSSR count). The summed E-state index contributed by atoms with van der Waals surface area (Å²) in [5.74, 6) is -0.856. The van der Waals surface area contributed by atoms with Crippen molar-refractivity contribution >= 4 is 17.3 Å². The highest BCUT2D eigenvalue weighted by molar-refractivity contribution is 6.05. The van der Waals surface area contributed by atoms with Crippen molar-refractivity contribution < 1.29 is 9.18 Å². The number of rotatable bonds is 2. The van der Waals surface area contributed by atoms with Crippen LogP contribution in [0.5, 0.6) is 0 Å². The van der Waals surface area contributed by atoms with Gasteiger partial charge in [-0.1, -0.05) is 0 Å². The number of pyridine rings is 2. The lowest BCUT2D eigenvalue weighted by atomic mass is 10.2. The molecule has 0 aromatic carbocycles. The summed E-state index contributed by atoms with van der Waals surface area (Å²) in [6, 6.07) is 4.13. The summed E-state index contributed by atoms with van der Waals surface area (Å²) in [5, 5.41) is 0. The first-order valence-corrected chi connectivity index (χ1v) is 5.18. The Bertz CT molecular complexity index is 571. The molecule has 2 aromatic rings. The van der Waals surface area contributed by atoms with Gasteiger partial charge in [-0.3, -0.25) is 9.78 Å². The van der Waals surface area contributed by atoms with Crippen LogP contribution in [-0.2, 0) is 0 Å². The minimum atomic E-state index is -0.488. The van der Waals surface area contributed by atoms with Crippen molar-refractivity contribution in [3.63, 3.8) is 0 Å². The van der Waals surface area contributed by atoms with Crippen molar-refractivity contribution in [2.45, 2.75) is 0 Å². The van der Waals surface area contributed by atoms with Gasteiger partial charge in [0.05, 0.1) is 23.8 Å². The fourth-order valence-electron chi connectivity index (χ4n) is 1.49. The van der Waals surface area contributed by atoms with E-state index in [4.69, 9.17) is 5.73 Å². The molecule has 92 valence electrons. The van der Waals surface area contributed by atoms with Crippen LogP contribution < -0.4 is 10.6 Å². The third-order valence-electron chi connectivity index (χ3n) is 2.44. The zero-order valence-corrected chi connectivity index (χ0v) is 9.67. The molecule has 0 saturated heterocycles. The predicted molar refractivity (Wildman–Crippen MR) is 65.6 cm³/mol. The van der Waals surface area contributed by atoms with E-state index in [9.17, 15) is 9.18 Å². The van der Waals surface area contributed by atoms with E-state index in [1.54, 1.807) is 13.1 Å². The zero-order chi connectivity index (χ0) is 13.1. The molecule has 0 saturated carbocycles. The lowest BCUT2D eigenvalue weighted by Crippen LogP contribution is -2.27. The standard InChI is InChI=1S/C12H11FN4O/c1-17(11-4-5-15-7-9(11)14)12(18)10-3-2-8(13)6-16-10/h2-7H,14H2,1H3. The van der Waals surface area contributed by atoms with Crippen molar-refractivity contribution in [2.24, 2.45) is 0 Å². The summed E-state index contributed by atoms with van der Waals surface area (Å²) in [7, 11) is 1.57. The summed E-state index contributed by atoms with van der Waals surface area (Å²) in [6.07, 6.45) is 3.99. The van der Waals surface area contributed by atoms with Crippen molar-refractivity contribution in [2.75, 3.05) is 17.7 Å². The smallest absolute Gasteiger partial charge is 0.276 e. The number of halogens is 1. The molecule has 0 atom stereocenters. The second-order valence-electron chi connectivity index (χ2n) is 3.66. The summed E-state index contributed by atoms with van der Waals surface area (Å²) >= 11 is 0. The minimum Gasteiger partial charge on any atom is -0.396 e. The highest BCUT2D eigenvalue weighted by atomic mass is 19.1. The molecule has 0 aliphatic carbocycles. The highest BCUT2D eigenvalue weighted by Crippen LogP contribution is 2.21. The van der Waals surface area contributed by atoms with E-state index < -0.39 is 5.82 Å². The molecular formula is C12H11FN4O. The number of amides is 1. The normalized spacial score (nSPS) is 10.1. The van der Waals surface area contributed by atoms with E-state index in [1.807, 2.05) is 0 Å². The van der Waals surface area contributed by atoms with Gasteiger partial charge in [0.2, 0.25) is 0 Å². The van der Waals surface area contributed by atoms with Crippen LogP contribution in [0.25, 0.3) is 0 Å². The Morgan fingerprint density at radius 1 is 1.33 bits per heavy atom. The van der Waals surface area contributed by atoms with E-state index in [0.29, 0.717) is 11.4 Å². The van der Waals surface area contributed by atoms with Crippen LogP contribution in [0, 0.1) is 5.82 Å². The Balaban J connectivity index is 2.29. The first-order chi connectivity index (χ1) is 8.59. The summed E-state index contributed by atoms with van der Waals surface area (Å²) < 4.78 is 12.7. The van der Waals surface area contributed by atoms with Crippen LogP contribution in [0.2, 0.25) is 0 Å². The first kappa shape index (κ1) is 12.0. The third kappa shape index (κ3) is 2.27. The van der Waals surface area contributed by atoms with Gasteiger partial charge in [-0.25, -0.2) is 9.37 Å². The van der Waals surface area contributed by atoms with Crippen LogP contribution >= 0.6 is 0 Å². The van der Waals surface area contributed by atoms with E-state index >= 15 is 0 Å². The topological polar surface area (TPSA) is 72.1 Å². The van der Waals surface area contributed by atoms with E-state index in [2.05, 4.69) is 9.97 Å². The van der Waals surface area contributed by atoms with Gasteiger partial charge in [-0.05, 0) is 18.2 Å². The molecule has 2 N–H and O–H groups in total. The molecular weight excluding hydrogens is 235 g/mol. The number of carbonyl (C=O) groups excluding carboxylic acids is 1. The second kappa shape index (κ2) is 4.79. The van der Waals surface area contributed by atoms with Crippen LogP contribution in [0.3, 0.4) is 0 Å². The Labute approximate surface area is 103 Å². The summed E-state index contributed by atoms with van der Waals surface area (Å²) in [4.78, 5) is 21.0. The third-order valence-corrected chi connectivity index (χ3v) is 2.44. The number of nitrogens with zero attached hydrogens (tertiary/aromatic N) is 3. The molecule has 2 heterocycles. The number of hydrogen-bond donors (Lipinski definition) is 1. The maximum Gasteiger partial charge on any atom is 0.276 e. The summed E-state index contributed by atoms with van der Waals surface area (Å²) in [6.45, 7) is 0. The molecule has 1 amide bonds. The molecule has 18 heavy (non-hydrogen) atoms. The van der Waals surface area contributed by atoms with Gasteiger partial charge in [0.1, 0.15) is 11.5 Å². The SMILES string of the molecule is CN(C(=O)c1ccc(F)cn1)c1ccncc1N. The van der Waals surface area contributed by atoms with Gasteiger partial charge in [0.25, 0.3) is 5.91 Å². The number of nitrogen functional groups attached to an aromatic ring is 1. The number of nitrogens with two attached hydrogens (primary N) is 1. The van der Waals surface area contributed by atoms with Gasteiger partial charge >= 0.3 is 0 Å². The first-order valence-electron chi connectivity index (χ1n) is 5.18. The molecule has 0 aliphatic rings. The molecule has 0 unspecified atom stereocenters. The lowest BCUT2D eigenvalue weighted by Gasteiger charge is -2.18. The molecule has 0 aliphatic heterocycles. The number of anilines is 2. The fraction of sp³-hybridized carbons (Fsp3) is 0.0833. The molecule has 0 radical (unpaired) electrons. The van der Waals surface area contributed by atoms with Gasteiger partial charge in [-0.15, -0.1) is 0 Å². The molecule has 2 aromatic heterocycles. The second-order valence-corrected chi connectivity index (χ2v) is 3.66. The van der Waals surface area contributed by atoms with E-state index in [1.165, 1.54) is 29.4 Å². The minimum absolute atomic E-state index is 0.148. The molecule has 0 bridgehead atoms. The van der Waals surface area contributed by atoms with Crippen molar-refractivity contribution in [3.8, 4) is 0 Å². The Morgan fingerprint density at radius 2 is 2.11 bits per heavy atom. The van der Waals surface area contributed by atoms with Crippen molar-refractivity contribution in [1.82, 2.24) is 9.97 Å². The molecule has 5 nitrogen and oxygen atoms in total. The van der Waals surface area contributed by atoms with Crippen LogP contribution in [-0.4, -0.2) is 22.9 Å². The van der Waals surface area contributed by atoms with Gasteiger partial charge in [0.15, 0.2) is 0 Å². The van der Waals surface area contributed by atoms with Crippen LogP contribution in [0.1, 0.15) is 10.5 Å². The zero-order valence-electron chi connectivity index (χ0n) is 9.67. The number of hydrogen-bond acceptors (Lipinski definition) is 4. The van der Waals surface area contributed by atoms with E-state index in [0.717, 1.165) is 6.20 Å². The van der Waals surface area contributed by atoms with Crippen LogP contribution in [0.4, 0.5) is 15.8 Å². The Morgan fingerprint density at radius 3 is 2.72 bits per heavy atom. The average Bonchev–Trinajstić information content (AvgIpc) is 2.38. The van der Waals surface area contributed by atoms with Crippen LogP contribution in [0.15, 0.2) is 36.8 Å². The lowest BCUT2D eigenvalue weighted by molar-refractivity contribution is 0.0988. The quantitative estimate of drug-likeness (QED) is 0.871. The monoisotopic (exact) mass is 246 g/mol. The Kier molecular flexibility index (Phi) is 3.18. The Hall–Kier alpha value is -2.50. The largest absolute Gasteiger partial charge is 0.396 e. The van der Waals surface area contributed by atoms with Gasteiger partial charge in [-0.2, -0.15) is 0 Å². The average molecular weight is 246 g/mol. The van der Waals surface area contributed by atoms with Gasteiger partial charge < -0.3 is 10.6 Å². The molecule has 6 heteroatoms. The highest BCUT2D eigenvalue weighted by Gasteiger charge is 2.16. The van der Waals surface area contributed by atoms with Gasteiger partial charge in [0, 0.05) is 13.2 Å². The fourth-order valence-corrected chi connectivity index (χ4v) is 1.49. The predicted octanol–water partition coefficient (Wildman–Crippen LogP) is 1.47. The van der Waals surface area contributed by atoms with Crippen molar-refractivity contribution in [3.05, 3.63) is 48.3 Å². The number of carbonyl (C=O) groups is 1. The number of aromatic nitrogens is 2. The molecule has 0 fully saturated rings. The molecule has 0 spiro atoms. The maximum absolute atomic E-state index is 12.7. The summed E-state index contributed by atoms with van der Waals surface area (Å²) in [5.41, 5.74) is 6.79. The van der Waals surface area contributed by atoms with Crippen molar-refractivity contribution in [1.29, 1.82) is 0 Å². The maximum atomic E-state index is 12.7. The van der Waals surface area contributed by atoms with E-state index in [-0.39, 0.29) is 11.6 Å².